The van der Waals surface area contributed by atoms with E-state index < -0.39 is 0 Å². The highest BCUT2D eigenvalue weighted by Gasteiger charge is 2.51. The Morgan fingerprint density at radius 2 is 2.05 bits per heavy atom. The van der Waals surface area contributed by atoms with Gasteiger partial charge in [-0.15, -0.1) is 10.2 Å². The standard InChI is InChI=1S/C12H17BrN4OS/c1-7(18)14-12(2)8-3-4-9(12)6-17(5-8)11-16-15-10(13)19-11/h8-9H,3-6H2,1-2H3,(H,14,18). The van der Waals surface area contributed by atoms with Gasteiger partial charge in [-0.25, -0.2) is 0 Å². The molecule has 2 unspecified atom stereocenters. The maximum atomic E-state index is 11.4. The average molecular weight is 345 g/mol. The Balaban J connectivity index is 1.80. The number of aromatic nitrogens is 2. The van der Waals surface area contributed by atoms with Gasteiger partial charge in [-0.05, 0) is 47.5 Å². The molecule has 104 valence electrons. The number of amides is 1. The zero-order valence-electron chi connectivity index (χ0n) is 11.0. The van der Waals surface area contributed by atoms with Crippen molar-refractivity contribution in [3.63, 3.8) is 0 Å². The third kappa shape index (κ3) is 2.27. The first-order chi connectivity index (χ1) is 8.99. The van der Waals surface area contributed by atoms with Crippen LogP contribution in [-0.2, 0) is 4.79 Å². The van der Waals surface area contributed by atoms with E-state index >= 15 is 0 Å². The van der Waals surface area contributed by atoms with Crippen molar-refractivity contribution in [2.45, 2.75) is 32.2 Å². The van der Waals surface area contributed by atoms with E-state index in [-0.39, 0.29) is 11.4 Å². The summed E-state index contributed by atoms with van der Waals surface area (Å²) in [6.07, 6.45) is 2.36. The Bertz CT molecular complexity index is 492. The maximum absolute atomic E-state index is 11.4. The fourth-order valence-electron chi connectivity index (χ4n) is 3.57. The van der Waals surface area contributed by atoms with Crippen LogP contribution < -0.4 is 10.2 Å². The summed E-state index contributed by atoms with van der Waals surface area (Å²) in [5.74, 6) is 1.07. The zero-order chi connectivity index (χ0) is 13.6. The Morgan fingerprint density at radius 3 is 2.53 bits per heavy atom. The van der Waals surface area contributed by atoms with Gasteiger partial charge in [0.05, 0.1) is 0 Å². The number of halogens is 1. The Hall–Kier alpha value is -0.690. The topological polar surface area (TPSA) is 58.1 Å². The van der Waals surface area contributed by atoms with Crippen LogP contribution >= 0.6 is 27.3 Å². The number of anilines is 1. The second-order valence-corrected chi connectivity index (χ2v) is 7.91. The van der Waals surface area contributed by atoms with Gasteiger partial charge in [0.15, 0.2) is 3.92 Å². The molecule has 1 aromatic heterocycles. The van der Waals surface area contributed by atoms with Crippen molar-refractivity contribution in [2.75, 3.05) is 18.0 Å². The lowest BCUT2D eigenvalue weighted by Crippen LogP contribution is -2.61. The molecule has 2 bridgehead atoms. The van der Waals surface area contributed by atoms with Gasteiger partial charge in [0.25, 0.3) is 0 Å². The SMILES string of the molecule is CC(=O)NC1(C)C2CCC1CN(c1nnc(Br)s1)C2. The van der Waals surface area contributed by atoms with Gasteiger partial charge in [0.2, 0.25) is 11.0 Å². The summed E-state index contributed by atoms with van der Waals surface area (Å²) < 4.78 is 0.824. The number of fused-ring (bicyclic) bond motifs is 2. The molecule has 1 saturated heterocycles. The summed E-state index contributed by atoms with van der Waals surface area (Å²) in [4.78, 5) is 13.8. The number of carbonyl (C=O) groups excluding carboxylic acids is 1. The fourth-order valence-corrected chi connectivity index (χ4v) is 4.68. The number of carbonyl (C=O) groups is 1. The average Bonchev–Trinajstić information content (AvgIpc) is 2.77. The van der Waals surface area contributed by atoms with Crippen molar-refractivity contribution in [3.05, 3.63) is 3.92 Å². The molecule has 2 aliphatic rings. The molecule has 0 aromatic carbocycles. The molecule has 0 radical (unpaired) electrons. The highest BCUT2D eigenvalue weighted by atomic mass is 79.9. The fraction of sp³-hybridized carbons (Fsp3) is 0.750. The minimum absolute atomic E-state index is 0.0513. The van der Waals surface area contributed by atoms with Gasteiger partial charge in [0, 0.05) is 25.6 Å². The summed E-state index contributed by atoms with van der Waals surface area (Å²) in [6.45, 7) is 5.72. The molecule has 1 N–H and O–H groups in total. The molecule has 0 spiro atoms. The molecule has 1 aliphatic carbocycles. The number of nitrogens with one attached hydrogen (secondary N) is 1. The van der Waals surface area contributed by atoms with Crippen LogP contribution in [0.15, 0.2) is 3.92 Å². The normalized spacial score (nSPS) is 33.5. The van der Waals surface area contributed by atoms with Crippen molar-refractivity contribution in [1.82, 2.24) is 15.5 Å². The van der Waals surface area contributed by atoms with Crippen LogP contribution in [-0.4, -0.2) is 34.7 Å². The van der Waals surface area contributed by atoms with Crippen molar-refractivity contribution < 1.29 is 4.79 Å². The summed E-state index contributed by atoms with van der Waals surface area (Å²) >= 11 is 4.93. The minimum Gasteiger partial charge on any atom is -0.350 e. The van der Waals surface area contributed by atoms with E-state index in [0.29, 0.717) is 11.8 Å². The minimum atomic E-state index is -0.0513. The van der Waals surface area contributed by atoms with Gasteiger partial charge in [-0.3, -0.25) is 4.79 Å². The molecule has 2 heterocycles. The largest absolute Gasteiger partial charge is 0.350 e. The molecule has 19 heavy (non-hydrogen) atoms. The predicted molar refractivity (Wildman–Crippen MR) is 78.3 cm³/mol. The third-order valence-corrected chi connectivity index (χ3v) is 5.96. The van der Waals surface area contributed by atoms with Crippen LogP contribution in [0, 0.1) is 11.8 Å². The first kappa shape index (κ1) is 13.3. The van der Waals surface area contributed by atoms with Crippen LogP contribution in [0.4, 0.5) is 5.13 Å². The molecule has 2 atom stereocenters. The van der Waals surface area contributed by atoms with E-state index in [1.54, 1.807) is 18.3 Å². The Kier molecular flexibility index (Phi) is 3.29. The highest BCUT2D eigenvalue weighted by molar-refractivity contribution is 9.11. The van der Waals surface area contributed by atoms with Gasteiger partial charge in [0.1, 0.15) is 0 Å². The van der Waals surface area contributed by atoms with E-state index in [2.05, 4.69) is 43.3 Å². The van der Waals surface area contributed by atoms with E-state index in [1.165, 1.54) is 12.8 Å². The summed E-state index contributed by atoms with van der Waals surface area (Å²) in [6, 6.07) is 0. The van der Waals surface area contributed by atoms with Crippen LogP contribution in [0.3, 0.4) is 0 Å². The van der Waals surface area contributed by atoms with Crippen LogP contribution in [0.25, 0.3) is 0 Å². The quantitative estimate of drug-likeness (QED) is 0.891. The van der Waals surface area contributed by atoms with E-state index in [4.69, 9.17) is 0 Å². The first-order valence-corrected chi connectivity index (χ1v) is 8.12. The monoisotopic (exact) mass is 344 g/mol. The van der Waals surface area contributed by atoms with Gasteiger partial charge >= 0.3 is 0 Å². The smallest absolute Gasteiger partial charge is 0.217 e. The molecule has 1 aromatic rings. The number of nitrogens with zero attached hydrogens (tertiary/aromatic N) is 3. The zero-order valence-corrected chi connectivity index (χ0v) is 13.4. The van der Waals surface area contributed by atoms with Gasteiger partial charge < -0.3 is 10.2 Å². The predicted octanol–water partition coefficient (Wildman–Crippen LogP) is 2.04. The number of rotatable bonds is 2. The summed E-state index contributed by atoms with van der Waals surface area (Å²) in [5, 5.41) is 12.4. The highest BCUT2D eigenvalue weighted by Crippen LogP contribution is 2.46. The van der Waals surface area contributed by atoms with Crippen molar-refractivity contribution in [2.24, 2.45) is 11.8 Å². The van der Waals surface area contributed by atoms with Crippen LogP contribution in [0.5, 0.6) is 0 Å². The van der Waals surface area contributed by atoms with E-state index in [1.807, 2.05) is 0 Å². The molecular formula is C12H17BrN4OS. The second kappa shape index (κ2) is 4.70. The van der Waals surface area contributed by atoms with Crippen molar-refractivity contribution in [3.8, 4) is 0 Å². The van der Waals surface area contributed by atoms with Crippen LogP contribution in [0.2, 0.25) is 0 Å². The van der Waals surface area contributed by atoms with Crippen molar-refractivity contribution in [1.29, 1.82) is 0 Å². The molecule has 1 amide bonds. The first-order valence-electron chi connectivity index (χ1n) is 6.51. The number of piperidine rings is 1. The maximum Gasteiger partial charge on any atom is 0.217 e. The molecule has 1 saturated carbocycles. The Morgan fingerprint density at radius 1 is 1.42 bits per heavy atom. The molecule has 5 nitrogen and oxygen atoms in total. The lowest BCUT2D eigenvalue weighted by atomic mass is 9.78. The lowest BCUT2D eigenvalue weighted by molar-refractivity contribution is -0.121. The van der Waals surface area contributed by atoms with Crippen molar-refractivity contribution >= 4 is 38.3 Å². The van der Waals surface area contributed by atoms with E-state index in [0.717, 1.165) is 22.1 Å². The van der Waals surface area contributed by atoms with E-state index in [9.17, 15) is 4.79 Å². The summed E-state index contributed by atoms with van der Waals surface area (Å²) in [5.41, 5.74) is -0.0513. The molecule has 2 fully saturated rings. The second-order valence-electron chi connectivity index (χ2n) is 5.68. The molecule has 1 aliphatic heterocycles. The van der Waals surface area contributed by atoms with Gasteiger partial charge in [-0.1, -0.05) is 11.3 Å². The molecular weight excluding hydrogens is 328 g/mol. The van der Waals surface area contributed by atoms with Gasteiger partial charge in [-0.2, -0.15) is 0 Å². The molecule has 7 heteroatoms. The number of hydrogen-bond acceptors (Lipinski definition) is 5. The number of hydrogen-bond donors (Lipinski definition) is 1. The Labute approximate surface area is 124 Å². The van der Waals surface area contributed by atoms with Crippen LogP contribution in [0.1, 0.15) is 26.7 Å². The third-order valence-electron chi connectivity index (χ3n) is 4.55. The lowest BCUT2D eigenvalue weighted by Gasteiger charge is -2.45. The summed E-state index contributed by atoms with van der Waals surface area (Å²) in [7, 11) is 0. The molecule has 3 rings (SSSR count).